The summed E-state index contributed by atoms with van der Waals surface area (Å²) in [5.74, 6) is 0.992. The summed E-state index contributed by atoms with van der Waals surface area (Å²) in [5, 5.41) is 12.7. The molecule has 0 saturated carbocycles. The van der Waals surface area contributed by atoms with Crippen LogP contribution >= 0.6 is 11.8 Å². The van der Waals surface area contributed by atoms with Gasteiger partial charge in [-0.1, -0.05) is 42.1 Å². The largest absolute Gasteiger partial charge is 0.308 e. The minimum Gasteiger partial charge on any atom is -0.308 e. The lowest BCUT2D eigenvalue weighted by Crippen LogP contribution is -2.19. The monoisotopic (exact) mass is 277 g/mol. The third-order valence-electron chi connectivity index (χ3n) is 2.72. The maximum absolute atomic E-state index is 4.07. The highest BCUT2D eigenvalue weighted by Crippen LogP contribution is 2.15. The number of hydrogen-bond acceptors (Lipinski definition) is 5. The van der Waals surface area contributed by atoms with Crippen LogP contribution in [-0.2, 0) is 13.0 Å². The Kier molecular flexibility index (Phi) is 5.35. The van der Waals surface area contributed by atoms with E-state index in [-0.39, 0.29) is 0 Å². The second-order valence-corrected chi connectivity index (χ2v) is 5.63. The summed E-state index contributed by atoms with van der Waals surface area (Å²) in [7, 11) is 4.10. The van der Waals surface area contributed by atoms with Crippen LogP contribution in [0.1, 0.15) is 5.56 Å². The first kappa shape index (κ1) is 14.0. The van der Waals surface area contributed by atoms with Crippen LogP contribution < -0.4 is 0 Å². The van der Waals surface area contributed by atoms with E-state index in [0.29, 0.717) is 0 Å². The fraction of sp³-hybridized carbons (Fsp3) is 0.462. The molecule has 0 aliphatic rings. The smallest absolute Gasteiger partial charge is 0.209 e. The van der Waals surface area contributed by atoms with Gasteiger partial charge in [0.2, 0.25) is 5.16 Å². The van der Waals surface area contributed by atoms with Crippen LogP contribution in [0.3, 0.4) is 0 Å². The van der Waals surface area contributed by atoms with Crippen LogP contribution in [0.2, 0.25) is 0 Å². The van der Waals surface area contributed by atoms with Gasteiger partial charge in [0, 0.05) is 12.3 Å². The highest BCUT2D eigenvalue weighted by Gasteiger charge is 2.06. The molecule has 1 heterocycles. The number of likely N-dealkylation sites (N-methyl/N-ethyl adjacent to an activating group) is 1. The van der Waals surface area contributed by atoms with Gasteiger partial charge in [-0.05, 0) is 36.5 Å². The van der Waals surface area contributed by atoms with Crippen molar-refractivity contribution < 1.29 is 0 Å². The van der Waals surface area contributed by atoms with E-state index >= 15 is 0 Å². The van der Waals surface area contributed by atoms with Gasteiger partial charge in [0.1, 0.15) is 0 Å². The Labute approximate surface area is 118 Å². The van der Waals surface area contributed by atoms with E-state index in [0.717, 1.165) is 30.4 Å². The van der Waals surface area contributed by atoms with E-state index in [4.69, 9.17) is 0 Å². The zero-order valence-electron chi connectivity index (χ0n) is 11.4. The predicted octanol–water partition coefficient (Wildman–Crippen LogP) is 1.57. The topological polar surface area (TPSA) is 46.8 Å². The molecule has 102 valence electrons. The SMILES string of the molecule is CN(C)CCn1nnnc1SCCc1ccccc1. The molecule has 1 aromatic carbocycles. The van der Waals surface area contributed by atoms with E-state index in [1.54, 1.807) is 11.8 Å². The van der Waals surface area contributed by atoms with Crippen molar-refractivity contribution in [3.8, 4) is 0 Å². The number of aryl methyl sites for hydroxylation is 1. The van der Waals surface area contributed by atoms with Gasteiger partial charge in [0.15, 0.2) is 0 Å². The van der Waals surface area contributed by atoms with Gasteiger partial charge in [-0.25, -0.2) is 4.68 Å². The summed E-state index contributed by atoms with van der Waals surface area (Å²) < 4.78 is 1.87. The number of benzene rings is 1. The molecule has 19 heavy (non-hydrogen) atoms. The van der Waals surface area contributed by atoms with Gasteiger partial charge in [-0.2, -0.15) is 0 Å². The van der Waals surface area contributed by atoms with Crippen molar-refractivity contribution in [3.05, 3.63) is 35.9 Å². The maximum atomic E-state index is 4.07. The minimum absolute atomic E-state index is 0.827. The van der Waals surface area contributed by atoms with Crippen LogP contribution in [0.25, 0.3) is 0 Å². The Morgan fingerprint density at radius 3 is 2.74 bits per heavy atom. The highest BCUT2D eigenvalue weighted by molar-refractivity contribution is 7.99. The minimum atomic E-state index is 0.827. The normalized spacial score (nSPS) is 11.1. The zero-order valence-corrected chi connectivity index (χ0v) is 12.2. The van der Waals surface area contributed by atoms with Crippen LogP contribution in [0.5, 0.6) is 0 Å². The molecular weight excluding hydrogens is 258 g/mol. The summed E-state index contributed by atoms with van der Waals surface area (Å²) in [4.78, 5) is 2.13. The lowest BCUT2D eigenvalue weighted by Gasteiger charge is -2.09. The Morgan fingerprint density at radius 2 is 2.00 bits per heavy atom. The molecule has 2 aromatic rings. The maximum Gasteiger partial charge on any atom is 0.209 e. The molecule has 2 rings (SSSR count). The van der Waals surface area contributed by atoms with Crippen molar-refractivity contribution >= 4 is 11.8 Å². The number of thioether (sulfide) groups is 1. The van der Waals surface area contributed by atoms with Crippen molar-refractivity contribution in [2.24, 2.45) is 0 Å². The van der Waals surface area contributed by atoms with E-state index in [1.807, 2.05) is 24.8 Å². The molecule has 0 bridgehead atoms. The summed E-state index contributed by atoms with van der Waals surface area (Å²) in [6, 6.07) is 10.5. The number of aromatic nitrogens is 4. The summed E-state index contributed by atoms with van der Waals surface area (Å²) in [6.45, 7) is 1.77. The van der Waals surface area contributed by atoms with E-state index in [1.165, 1.54) is 5.56 Å². The molecular formula is C13H19N5S. The van der Waals surface area contributed by atoms with Crippen molar-refractivity contribution in [3.63, 3.8) is 0 Å². The van der Waals surface area contributed by atoms with Crippen LogP contribution in [-0.4, -0.2) is 51.5 Å². The van der Waals surface area contributed by atoms with Crippen molar-refractivity contribution in [1.29, 1.82) is 0 Å². The Balaban J connectivity index is 1.81. The van der Waals surface area contributed by atoms with Crippen LogP contribution in [0.4, 0.5) is 0 Å². The van der Waals surface area contributed by atoms with Gasteiger partial charge in [-0.15, -0.1) is 5.10 Å². The molecule has 0 atom stereocenters. The van der Waals surface area contributed by atoms with E-state index in [9.17, 15) is 0 Å². The first-order valence-corrected chi connectivity index (χ1v) is 7.32. The second-order valence-electron chi connectivity index (χ2n) is 4.57. The summed E-state index contributed by atoms with van der Waals surface area (Å²) >= 11 is 1.71. The standard InChI is InChI=1S/C13H19N5S/c1-17(2)9-10-18-13(14-15-16-18)19-11-8-12-6-4-3-5-7-12/h3-7H,8-11H2,1-2H3. The molecule has 0 fully saturated rings. The first-order valence-electron chi connectivity index (χ1n) is 6.33. The number of rotatable bonds is 7. The van der Waals surface area contributed by atoms with E-state index in [2.05, 4.69) is 44.7 Å². The summed E-state index contributed by atoms with van der Waals surface area (Å²) in [5.41, 5.74) is 1.35. The molecule has 0 spiro atoms. The van der Waals surface area contributed by atoms with Crippen LogP contribution in [0.15, 0.2) is 35.5 Å². The first-order chi connectivity index (χ1) is 9.25. The molecule has 1 aromatic heterocycles. The molecule has 0 saturated heterocycles. The fourth-order valence-electron chi connectivity index (χ4n) is 1.64. The van der Waals surface area contributed by atoms with E-state index < -0.39 is 0 Å². The average Bonchev–Trinajstić information content (AvgIpc) is 2.85. The lowest BCUT2D eigenvalue weighted by atomic mass is 10.2. The molecule has 0 N–H and O–H groups in total. The summed E-state index contributed by atoms with van der Waals surface area (Å²) in [6.07, 6.45) is 1.03. The van der Waals surface area contributed by atoms with Crippen molar-refractivity contribution in [2.75, 3.05) is 26.4 Å². The number of tetrazole rings is 1. The number of hydrogen-bond donors (Lipinski definition) is 0. The molecule has 0 aliphatic carbocycles. The Morgan fingerprint density at radius 1 is 1.21 bits per heavy atom. The molecule has 6 heteroatoms. The van der Waals surface area contributed by atoms with Crippen LogP contribution in [0, 0.1) is 0 Å². The van der Waals surface area contributed by atoms with Gasteiger partial charge in [0.05, 0.1) is 6.54 Å². The molecule has 0 radical (unpaired) electrons. The highest BCUT2D eigenvalue weighted by atomic mass is 32.2. The quantitative estimate of drug-likeness (QED) is 0.719. The van der Waals surface area contributed by atoms with Crippen molar-refractivity contribution in [2.45, 2.75) is 18.1 Å². The zero-order chi connectivity index (χ0) is 13.5. The second kappa shape index (κ2) is 7.25. The number of nitrogens with zero attached hydrogens (tertiary/aromatic N) is 5. The third-order valence-corrected chi connectivity index (χ3v) is 3.68. The van der Waals surface area contributed by atoms with Gasteiger partial charge in [0.25, 0.3) is 0 Å². The third kappa shape index (κ3) is 4.65. The average molecular weight is 277 g/mol. The van der Waals surface area contributed by atoms with Gasteiger partial charge < -0.3 is 4.90 Å². The Hall–Kier alpha value is -1.40. The van der Waals surface area contributed by atoms with Crippen molar-refractivity contribution in [1.82, 2.24) is 25.1 Å². The molecule has 5 nitrogen and oxygen atoms in total. The Bertz CT molecular complexity index is 483. The molecule has 0 amide bonds. The van der Waals surface area contributed by atoms with Gasteiger partial charge in [-0.3, -0.25) is 0 Å². The molecule has 0 aliphatic heterocycles. The molecule has 0 unspecified atom stereocenters. The van der Waals surface area contributed by atoms with Gasteiger partial charge >= 0.3 is 0 Å². The fourth-order valence-corrected chi connectivity index (χ4v) is 2.53. The predicted molar refractivity (Wildman–Crippen MR) is 77.2 cm³/mol. The lowest BCUT2D eigenvalue weighted by molar-refractivity contribution is 0.361.